The van der Waals surface area contributed by atoms with Gasteiger partial charge in [-0.05, 0) is 18.8 Å². The number of nitrogens with two attached hydrogens (primary N) is 1. The van der Waals surface area contributed by atoms with Crippen LogP contribution in [0, 0.1) is 5.92 Å². The van der Waals surface area contributed by atoms with Gasteiger partial charge in [-0.2, -0.15) is 4.98 Å². The Bertz CT molecular complexity index is 550. The lowest BCUT2D eigenvalue weighted by atomic mass is 9.82. The molecular weight excluding hydrogens is 260 g/mol. The normalized spacial score (nSPS) is 23.7. The number of hydrogen-bond donors (Lipinski definition) is 1. The Hall–Kier alpha value is -1.27. The third-order valence-corrected chi connectivity index (χ3v) is 4.56. The third-order valence-electron chi connectivity index (χ3n) is 3.69. The van der Waals surface area contributed by atoms with Crippen molar-refractivity contribution in [3.05, 3.63) is 16.2 Å². The fourth-order valence-electron chi connectivity index (χ4n) is 2.68. The quantitative estimate of drug-likeness (QED) is 0.934. The molecule has 1 aliphatic carbocycles. The number of thiazole rings is 1. The molecule has 0 spiro atoms. The first kappa shape index (κ1) is 12.7. The van der Waals surface area contributed by atoms with E-state index in [0.717, 1.165) is 35.3 Å². The van der Waals surface area contributed by atoms with Crippen LogP contribution >= 0.6 is 11.3 Å². The fourth-order valence-corrected chi connectivity index (χ4v) is 3.32. The van der Waals surface area contributed by atoms with Crippen molar-refractivity contribution in [3.63, 3.8) is 0 Å². The predicted molar refractivity (Wildman–Crippen MR) is 73.7 cm³/mol. The molecule has 0 aliphatic heterocycles. The average molecular weight is 278 g/mol. The molecule has 102 valence electrons. The molecule has 1 saturated carbocycles. The first-order valence-electron chi connectivity index (χ1n) is 6.74. The van der Waals surface area contributed by atoms with Crippen LogP contribution in [0.3, 0.4) is 0 Å². The van der Waals surface area contributed by atoms with Gasteiger partial charge in [0.1, 0.15) is 10.7 Å². The van der Waals surface area contributed by atoms with Gasteiger partial charge in [0.05, 0.1) is 0 Å². The molecule has 2 unspecified atom stereocenters. The molecule has 2 atom stereocenters. The van der Waals surface area contributed by atoms with E-state index >= 15 is 0 Å². The van der Waals surface area contributed by atoms with E-state index in [1.165, 1.54) is 24.2 Å². The highest BCUT2D eigenvalue weighted by atomic mass is 32.1. The zero-order valence-electron chi connectivity index (χ0n) is 11.0. The minimum atomic E-state index is 0.439. The second-order valence-electron chi connectivity index (χ2n) is 5.26. The summed E-state index contributed by atoms with van der Waals surface area (Å²) in [5.41, 5.74) is 6.30. The summed E-state index contributed by atoms with van der Waals surface area (Å²) in [7, 11) is 0. The van der Waals surface area contributed by atoms with E-state index in [9.17, 15) is 0 Å². The van der Waals surface area contributed by atoms with Gasteiger partial charge in [0, 0.05) is 17.8 Å². The van der Waals surface area contributed by atoms with E-state index < -0.39 is 0 Å². The highest BCUT2D eigenvalue weighted by molar-refractivity contribution is 7.09. The first-order valence-corrected chi connectivity index (χ1v) is 7.62. The van der Waals surface area contributed by atoms with Crippen LogP contribution in [0.15, 0.2) is 9.90 Å². The maximum Gasteiger partial charge on any atom is 0.277 e. The summed E-state index contributed by atoms with van der Waals surface area (Å²) in [4.78, 5) is 8.88. The van der Waals surface area contributed by atoms with E-state index in [1.807, 2.05) is 5.38 Å². The van der Waals surface area contributed by atoms with Crippen LogP contribution in [0.2, 0.25) is 0 Å². The number of rotatable bonds is 3. The summed E-state index contributed by atoms with van der Waals surface area (Å²) < 4.78 is 5.34. The number of hydrogen-bond acceptors (Lipinski definition) is 6. The molecule has 0 radical (unpaired) electrons. The summed E-state index contributed by atoms with van der Waals surface area (Å²) in [6.45, 7) is 2.74. The van der Waals surface area contributed by atoms with Crippen LogP contribution in [0.1, 0.15) is 49.4 Å². The Balaban J connectivity index is 1.78. The lowest BCUT2D eigenvalue weighted by molar-refractivity contribution is 0.324. The van der Waals surface area contributed by atoms with E-state index in [0.29, 0.717) is 18.4 Å². The molecule has 0 aromatic carbocycles. The zero-order chi connectivity index (χ0) is 13.2. The van der Waals surface area contributed by atoms with E-state index in [2.05, 4.69) is 22.0 Å². The molecule has 2 N–H and O–H groups in total. The Kier molecular flexibility index (Phi) is 3.61. The molecule has 2 aromatic heterocycles. The van der Waals surface area contributed by atoms with Crippen molar-refractivity contribution in [2.75, 3.05) is 0 Å². The lowest BCUT2D eigenvalue weighted by Crippen LogP contribution is -2.12. The standard InChI is InChI=1S/C13H18N4OS/c1-8-3-2-4-9(5-8)12-16-13(18-17-12)10-7-19-11(6-14)15-10/h7-9H,2-6,14H2,1H3. The minimum Gasteiger partial charge on any atom is -0.332 e. The zero-order valence-corrected chi connectivity index (χ0v) is 11.8. The second kappa shape index (κ2) is 5.38. The minimum absolute atomic E-state index is 0.439. The molecule has 0 bridgehead atoms. The molecule has 6 heteroatoms. The van der Waals surface area contributed by atoms with Crippen LogP contribution in [0.5, 0.6) is 0 Å². The molecular formula is C13H18N4OS. The van der Waals surface area contributed by atoms with Crippen molar-refractivity contribution in [1.82, 2.24) is 15.1 Å². The molecule has 3 rings (SSSR count). The maximum absolute atomic E-state index is 5.56. The van der Waals surface area contributed by atoms with Crippen LogP contribution in [0.4, 0.5) is 0 Å². The van der Waals surface area contributed by atoms with Crippen molar-refractivity contribution in [1.29, 1.82) is 0 Å². The van der Waals surface area contributed by atoms with Crippen molar-refractivity contribution in [2.24, 2.45) is 11.7 Å². The molecule has 0 saturated heterocycles. The summed E-state index contributed by atoms with van der Waals surface area (Å²) in [5.74, 6) is 2.55. The van der Waals surface area contributed by atoms with Gasteiger partial charge in [0.2, 0.25) is 0 Å². The smallest absolute Gasteiger partial charge is 0.277 e. The second-order valence-corrected chi connectivity index (χ2v) is 6.20. The summed E-state index contributed by atoms with van der Waals surface area (Å²) in [6, 6.07) is 0. The van der Waals surface area contributed by atoms with Gasteiger partial charge in [0.25, 0.3) is 5.89 Å². The Morgan fingerprint density at radius 3 is 3.05 bits per heavy atom. The summed E-state index contributed by atoms with van der Waals surface area (Å²) in [5, 5.41) is 6.94. The number of aromatic nitrogens is 3. The molecule has 2 aromatic rings. The van der Waals surface area contributed by atoms with E-state index in [-0.39, 0.29) is 0 Å². The van der Waals surface area contributed by atoms with Crippen molar-refractivity contribution in [2.45, 2.75) is 45.1 Å². The van der Waals surface area contributed by atoms with E-state index in [4.69, 9.17) is 10.3 Å². The van der Waals surface area contributed by atoms with Gasteiger partial charge in [-0.25, -0.2) is 4.98 Å². The number of nitrogens with zero attached hydrogens (tertiary/aromatic N) is 3. The fraction of sp³-hybridized carbons (Fsp3) is 0.615. The van der Waals surface area contributed by atoms with E-state index in [1.54, 1.807) is 0 Å². The van der Waals surface area contributed by atoms with Gasteiger partial charge >= 0.3 is 0 Å². The first-order chi connectivity index (χ1) is 9.26. The molecule has 2 heterocycles. The highest BCUT2D eigenvalue weighted by Crippen LogP contribution is 2.35. The maximum atomic E-state index is 5.56. The van der Waals surface area contributed by atoms with Gasteiger partial charge in [-0.15, -0.1) is 11.3 Å². The van der Waals surface area contributed by atoms with Crippen molar-refractivity contribution < 1.29 is 4.52 Å². The molecule has 0 amide bonds. The highest BCUT2D eigenvalue weighted by Gasteiger charge is 2.25. The van der Waals surface area contributed by atoms with Gasteiger partial charge in [0.15, 0.2) is 5.82 Å². The summed E-state index contributed by atoms with van der Waals surface area (Å²) >= 11 is 1.53. The largest absolute Gasteiger partial charge is 0.332 e. The van der Waals surface area contributed by atoms with Gasteiger partial charge in [-0.1, -0.05) is 24.9 Å². The average Bonchev–Trinajstić information content (AvgIpc) is 3.07. The van der Waals surface area contributed by atoms with Crippen molar-refractivity contribution >= 4 is 11.3 Å². The van der Waals surface area contributed by atoms with Gasteiger partial charge in [-0.3, -0.25) is 0 Å². The summed E-state index contributed by atoms with van der Waals surface area (Å²) in [6.07, 6.45) is 4.88. The Labute approximate surface area is 116 Å². The Morgan fingerprint density at radius 2 is 2.32 bits per heavy atom. The predicted octanol–water partition coefficient (Wildman–Crippen LogP) is 2.95. The SMILES string of the molecule is CC1CCCC(c2noc(-c3csc(CN)n3)n2)C1. The molecule has 19 heavy (non-hydrogen) atoms. The van der Waals surface area contributed by atoms with Gasteiger partial charge < -0.3 is 10.3 Å². The van der Waals surface area contributed by atoms with Crippen LogP contribution < -0.4 is 5.73 Å². The topological polar surface area (TPSA) is 77.8 Å². The molecule has 1 fully saturated rings. The van der Waals surface area contributed by atoms with Crippen LogP contribution in [-0.2, 0) is 6.54 Å². The molecule has 1 aliphatic rings. The monoisotopic (exact) mass is 278 g/mol. The molecule has 5 nitrogen and oxygen atoms in total. The van der Waals surface area contributed by atoms with Crippen LogP contribution in [0.25, 0.3) is 11.6 Å². The van der Waals surface area contributed by atoms with Crippen LogP contribution in [-0.4, -0.2) is 15.1 Å². The Morgan fingerprint density at radius 1 is 1.42 bits per heavy atom. The lowest BCUT2D eigenvalue weighted by Gasteiger charge is -2.23. The third kappa shape index (κ3) is 2.69. The van der Waals surface area contributed by atoms with Crippen molar-refractivity contribution in [3.8, 4) is 11.6 Å².